The Morgan fingerprint density at radius 3 is 1.12 bits per heavy atom. The molecule has 0 saturated heterocycles. The summed E-state index contributed by atoms with van der Waals surface area (Å²) in [5.41, 5.74) is 0. The third-order valence-corrected chi connectivity index (χ3v) is 12.4. The van der Waals surface area contributed by atoms with Crippen LogP contribution in [0.5, 0.6) is 0 Å². The molecule has 0 aromatic heterocycles. The average Bonchev–Trinajstić information content (AvgIpc) is 3.30. The molecule has 0 fully saturated rings. The van der Waals surface area contributed by atoms with Gasteiger partial charge in [0.25, 0.3) is 0 Å². The number of ether oxygens (including phenoxy) is 3. The Morgan fingerprint density at radius 2 is 0.703 bits per heavy atom. The predicted octanol–water partition coefficient (Wildman–Crippen LogP) is 19.1. The molecular weight excluding hydrogens is 789 g/mol. The second-order valence-electron chi connectivity index (χ2n) is 18.8. The quantitative estimate of drug-likeness (QED) is 0.0346. The first kappa shape index (κ1) is 61.9. The van der Waals surface area contributed by atoms with Gasteiger partial charge in [0.1, 0.15) is 6.61 Å². The van der Waals surface area contributed by atoms with E-state index in [1.54, 1.807) is 0 Å². The van der Waals surface area contributed by atoms with Gasteiger partial charge in [-0.1, -0.05) is 268 Å². The van der Waals surface area contributed by atoms with E-state index in [4.69, 9.17) is 14.2 Å². The van der Waals surface area contributed by atoms with Crippen LogP contribution in [0.15, 0.2) is 48.6 Å². The van der Waals surface area contributed by atoms with Crippen LogP contribution in [-0.2, 0) is 23.8 Å². The van der Waals surface area contributed by atoms with Crippen molar-refractivity contribution < 1.29 is 23.8 Å². The van der Waals surface area contributed by atoms with Gasteiger partial charge in [0, 0.05) is 19.4 Å². The lowest BCUT2D eigenvalue weighted by Gasteiger charge is -2.18. The Morgan fingerprint density at radius 1 is 0.359 bits per heavy atom. The van der Waals surface area contributed by atoms with Crippen LogP contribution in [0.4, 0.5) is 0 Å². The van der Waals surface area contributed by atoms with Crippen molar-refractivity contribution in [3.8, 4) is 0 Å². The summed E-state index contributed by atoms with van der Waals surface area (Å²) >= 11 is 0. The molecule has 374 valence electrons. The summed E-state index contributed by atoms with van der Waals surface area (Å²) in [6, 6.07) is 0. The van der Waals surface area contributed by atoms with Crippen molar-refractivity contribution in [2.45, 2.75) is 297 Å². The number of esters is 2. The molecule has 0 rings (SSSR count). The molecule has 0 radical (unpaired) electrons. The smallest absolute Gasteiger partial charge is 0.306 e. The summed E-state index contributed by atoms with van der Waals surface area (Å²) in [5, 5.41) is 0. The highest BCUT2D eigenvalue weighted by Crippen LogP contribution is 2.16. The lowest BCUT2D eigenvalue weighted by molar-refractivity contribution is -0.163. The maximum Gasteiger partial charge on any atom is 0.306 e. The van der Waals surface area contributed by atoms with Gasteiger partial charge < -0.3 is 14.2 Å². The topological polar surface area (TPSA) is 61.8 Å². The highest BCUT2D eigenvalue weighted by atomic mass is 16.6. The van der Waals surface area contributed by atoms with Gasteiger partial charge in [-0.25, -0.2) is 0 Å². The minimum Gasteiger partial charge on any atom is -0.462 e. The zero-order valence-electron chi connectivity index (χ0n) is 43.1. The Bertz CT molecular complexity index is 1060. The molecule has 0 spiro atoms. The first-order valence-electron chi connectivity index (χ1n) is 28.2. The number of carbonyl (C=O) groups is 2. The zero-order chi connectivity index (χ0) is 46.3. The SMILES string of the molecule is CC/C=C\C/C=C\C/C=C\C/C=C\CCCCCCCCC(=O)OCC(COCCCCCCCCCCCCCCCCCCCCCC)OC(=O)CCCCCCCCCCC. The lowest BCUT2D eigenvalue weighted by Crippen LogP contribution is -2.30. The first-order valence-corrected chi connectivity index (χ1v) is 28.2. The molecule has 5 nitrogen and oxygen atoms in total. The molecule has 0 aromatic rings. The third kappa shape index (κ3) is 52.5. The van der Waals surface area contributed by atoms with E-state index in [2.05, 4.69) is 69.4 Å². The molecular formula is C59H108O5. The van der Waals surface area contributed by atoms with Crippen molar-refractivity contribution in [1.82, 2.24) is 0 Å². The Balaban J connectivity index is 4.13. The second kappa shape index (κ2) is 55.2. The van der Waals surface area contributed by atoms with Crippen LogP contribution in [0, 0.1) is 0 Å². The van der Waals surface area contributed by atoms with Crippen molar-refractivity contribution in [3.63, 3.8) is 0 Å². The van der Waals surface area contributed by atoms with Gasteiger partial charge >= 0.3 is 11.9 Å². The molecule has 0 N–H and O–H groups in total. The highest BCUT2D eigenvalue weighted by Gasteiger charge is 2.17. The Kier molecular flexibility index (Phi) is 53.3. The fraction of sp³-hybridized carbons (Fsp3) is 0.831. The van der Waals surface area contributed by atoms with Crippen molar-refractivity contribution in [3.05, 3.63) is 48.6 Å². The molecule has 5 heteroatoms. The Labute approximate surface area is 399 Å². The van der Waals surface area contributed by atoms with E-state index in [0.29, 0.717) is 19.4 Å². The van der Waals surface area contributed by atoms with Gasteiger partial charge in [-0.2, -0.15) is 0 Å². The van der Waals surface area contributed by atoms with Crippen LogP contribution in [0.3, 0.4) is 0 Å². The number of unbranched alkanes of at least 4 members (excludes halogenated alkanes) is 33. The molecule has 0 aliphatic heterocycles. The first-order chi connectivity index (χ1) is 31.6. The molecule has 0 saturated carbocycles. The minimum absolute atomic E-state index is 0.0822. The van der Waals surface area contributed by atoms with Gasteiger partial charge in [0.2, 0.25) is 0 Å². The van der Waals surface area contributed by atoms with Crippen molar-refractivity contribution in [1.29, 1.82) is 0 Å². The van der Waals surface area contributed by atoms with E-state index < -0.39 is 6.10 Å². The fourth-order valence-electron chi connectivity index (χ4n) is 8.21. The normalized spacial score (nSPS) is 12.5. The summed E-state index contributed by atoms with van der Waals surface area (Å²) in [6.45, 7) is 7.74. The average molecular weight is 898 g/mol. The molecule has 0 bridgehead atoms. The highest BCUT2D eigenvalue weighted by molar-refractivity contribution is 5.70. The van der Waals surface area contributed by atoms with Crippen LogP contribution in [0.1, 0.15) is 290 Å². The molecule has 64 heavy (non-hydrogen) atoms. The summed E-state index contributed by atoms with van der Waals surface area (Å²) in [7, 11) is 0. The maximum absolute atomic E-state index is 12.8. The second-order valence-corrected chi connectivity index (χ2v) is 18.8. The van der Waals surface area contributed by atoms with Crippen molar-refractivity contribution >= 4 is 11.9 Å². The van der Waals surface area contributed by atoms with E-state index in [9.17, 15) is 9.59 Å². The molecule has 0 heterocycles. The van der Waals surface area contributed by atoms with E-state index >= 15 is 0 Å². The van der Waals surface area contributed by atoms with Gasteiger partial charge in [-0.05, 0) is 57.8 Å². The fourth-order valence-corrected chi connectivity index (χ4v) is 8.21. The molecule has 1 unspecified atom stereocenters. The third-order valence-electron chi connectivity index (χ3n) is 12.4. The van der Waals surface area contributed by atoms with E-state index in [1.165, 1.54) is 186 Å². The van der Waals surface area contributed by atoms with Crippen LogP contribution < -0.4 is 0 Å². The van der Waals surface area contributed by atoms with Crippen molar-refractivity contribution in [2.75, 3.05) is 19.8 Å². The monoisotopic (exact) mass is 897 g/mol. The number of hydrogen-bond donors (Lipinski definition) is 0. The molecule has 0 aromatic carbocycles. The van der Waals surface area contributed by atoms with Gasteiger partial charge in [-0.3, -0.25) is 9.59 Å². The summed E-state index contributed by atoms with van der Waals surface area (Å²) in [6.07, 6.45) is 68.5. The van der Waals surface area contributed by atoms with Crippen LogP contribution in [-0.4, -0.2) is 37.9 Å². The largest absolute Gasteiger partial charge is 0.462 e. The standard InChI is InChI=1S/C59H108O5/c1-4-7-10-13-16-19-21-23-25-27-29-31-33-35-37-39-42-45-48-51-54-62-55-57(64-59(61)53-50-47-44-40-18-15-12-9-6-3)56-63-58(60)52-49-46-43-41-38-36-34-32-30-28-26-24-22-20-17-14-11-8-5-2/h8,11,17,20,24,26,30,32,57H,4-7,9-10,12-16,18-19,21-23,25,27-29,31,33-56H2,1-3H3/b11-8-,20-17-,26-24-,32-30-. The van der Waals surface area contributed by atoms with E-state index in [1.807, 2.05) is 0 Å². The van der Waals surface area contributed by atoms with E-state index in [0.717, 1.165) is 70.6 Å². The van der Waals surface area contributed by atoms with Crippen LogP contribution in [0.25, 0.3) is 0 Å². The molecule has 0 aliphatic rings. The molecule has 1 atom stereocenters. The number of rotatable bonds is 52. The zero-order valence-corrected chi connectivity index (χ0v) is 43.1. The number of carbonyl (C=O) groups excluding carboxylic acids is 2. The summed E-state index contributed by atoms with van der Waals surface area (Å²) in [5.74, 6) is -0.401. The minimum atomic E-state index is -0.537. The van der Waals surface area contributed by atoms with E-state index in [-0.39, 0.29) is 25.2 Å². The molecule has 0 aliphatic carbocycles. The number of allylic oxidation sites excluding steroid dienone is 8. The Hall–Kier alpha value is -2.14. The number of hydrogen-bond acceptors (Lipinski definition) is 5. The summed E-state index contributed by atoms with van der Waals surface area (Å²) in [4.78, 5) is 25.4. The van der Waals surface area contributed by atoms with Gasteiger partial charge in [0.15, 0.2) is 6.10 Å². The van der Waals surface area contributed by atoms with Crippen LogP contribution >= 0.6 is 0 Å². The van der Waals surface area contributed by atoms with Crippen molar-refractivity contribution in [2.24, 2.45) is 0 Å². The van der Waals surface area contributed by atoms with Gasteiger partial charge in [0.05, 0.1) is 6.61 Å². The predicted molar refractivity (Wildman–Crippen MR) is 279 cm³/mol. The van der Waals surface area contributed by atoms with Crippen LogP contribution in [0.2, 0.25) is 0 Å². The molecule has 0 amide bonds. The maximum atomic E-state index is 12.8. The lowest BCUT2D eigenvalue weighted by atomic mass is 10.0. The van der Waals surface area contributed by atoms with Gasteiger partial charge in [-0.15, -0.1) is 0 Å². The summed E-state index contributed by atoms with van der Waals surface area (Å²) < 4.78 is 17.4.